The normalized spacial score (nSPS) is 9.50. The van der Waals surface area contributed by atoms with Crippen LogP contribution in [0.3, 0.4) is 0 Å². The smallest absolute Gasteiger partial charge is 0.396 e. The fourth-order valence-electron chi connectivity index (χ4n) is 1.22. The predicted molar refractivity (Wildman–Crippen MR) is 65.5 cm³/mol. The Morgan fingerprint density at radius 2 is 1.94 bits per heavy atom. The van der Waals surface area contributed by atoms with E-state index in [0.29, 0.717) is 5.02 Å². The van der Waals surface area contributed by atoms with E-state index >= 15 is 0 Å². The molecule has 0 fully saturated rings. The first-order valence-electron chi connectivity index (χ1n) is 4.90. The maximum absolute atomic E-state index is 11.5. The average molecular weight is 271 g/mol. The number of amides is 2. The summed E-state index contributed by atoms with van der Waals surface area (Å²) in [7, 11) is 2.53. The molecule has 0 atom stereocenters. The maximum atomic E-state index is 11.5. The molecule has 96 valence electrons. The van der Waals surface area contributed by atoms with E-state index in [9.17, 15) is 14.4 Å². The van der Waals surface area contributed by atoms with Gasteiger partial charge in [-0.15, -0.1) is 0 Å². The van der Waals surface area contributed by atoms with Gasteiger partial charge < -0.3 is 15.4 Å². The molecule has 0 unspecified atom stereocenters. The molecule has 1 rings (SSSR count). The summed E-state index contributed by atoms with van der Waals surface area (Å²) in [5, 5.41) is 4.99. The number of esters is 1. The van der Waals surface area contributed by atoms with Crippen molar-refractivity contribution in [3.8, 4) is 0 Å². The Balaban J connectivity index is 3.06. The first kappa shape index (κ1) is 14.0. The van der Waals surface area contributed by atoms with Crippen LogP contribution in [0.25, 0.3) is 0 Å². The first-order chi connectivity index (χ1) is 8.49. The number of ether oxygens (including phenoxy) is 1. The molecule has 2 N–H and O–H groups in total. The molecule has 1 aromatic carbocycles. The monoisotopic (exact) mass is 270 g/mol. The van der Waals surface area contributed by atoms with E-state index in [2.05, 4.69) is 15.4 Å². The number of hydrogen-bond donors (Lipinski definition) is 2. The summed E-state index contributed by atoms with van der Waals surface area (Å²) in [5.41, 5.74) is 0.330. The summed E-state index contributed by atoms with van der Waals surface area (Å²) < 4.78 is 4.26. The van der Waals surface area contributed by atoms with E-state index in [1.807, 2.05) is 0 Å². The molecule has 0 radical (unpaired) electrons. The SMILES string of the molecule is CNC(=O)c1ccc(Cl)cc1NC(=O)C(=O)OC. The summed E-state index contributed by atoms with van der Waals surface area (Å²) in [6.07, 6.45) is 0. The van der Waals surface area contributed by atoms with Crippen molar-refractivity contribution in [2.75, 3.05) is 19.5 Å². The Morgan fingerprint density at radius 3 is 2.50 bits per heavy atom. The summed E-state index contributed by atoms with van der Waals surface area (Å²) in [5.74, 6) is -2.45. The van der Waals surface area contributed by atoms with Crippen molar-refractivity contribution in [1.82, 2.24) is 5.32 Å². The van der Waals surface area contributed by atoms with Gasteiger partial charge in [-0.25, -0.2) is 4.79 Å². The summed E-state index contributed by atoms with van der Waals surface area (Å²) in [6.45, 7) is 0. The van der Waals surface area contributed by atoms with E-state index in [-0.39, 0.29) is 11.3 Å². The number of anilines is 1. The van der Waals surface area contributed by atoms with Gasteiger partial charge in [-0.1, -0.05) is 11.6 Å². The number of halogens is 1. The quantitative estimate of drug-likeness (QED) is 0.615. The highest BCUT2D eigenvalue weighted by atomic mass is 35.5. The van der Waals surface area contributed by atoms with Crippen LogP contribution in [0.1, 0.15) is 10.4 Å². The molecular formula is C11H11ClN2O4. The van der Waals surface area contributed by atoms with Crippen molar-refractivity contribution in [2.45, 2.75) is 0 Å². The third kappa shape index (κ3) is 3.21. The largest absolute Gasteiger partial charge is 0.462 e. The van der Waals surface area contributed by atoms with Gasteiger partial charge in [0.05, 0.1) is 18.4 Å². The molecule has 2 amide bonds. The topological polar surface area (TPSA) is 84.5 Å². The molecule has 18 heavy (non-hydrogen) atoms. The lowest BCUT2D eigenvalue weighted by atomic mass is 10.1. The van der Waals surface area contributed by atoms with Gasteiger partial charge in [0.15, 0.2) is 0 Å². The third-order valence-electron chi connectivity index (χ3n) is 2.07. The number of nitrogens with one attached hydrogen (secondary N) is 2. The van der Waals surface area contributed by atoms with Gasteiger partial charge in [0.2, 0.25) is 0 Å². The first-order valence-corrected chi connectivity index (χ1v) is 5.28. The number of rotatable bonds is 2. The minimum atomic E-state index is -1.06. The molecule has 0 bridgehead atoms. The highest BCUT2D eigenvalue weighted by Gasteiger charge is 2.18. The zero-order chi connectivity index (χ0) is 13.7. The van der Waals surface area contributed by atoms with Gasteiger partial charge in [-0.3, -0.25) is 9.59 Å². The minimum absolute atomic E-state index is 0.136. The van der Waals surface area contributed by atoms with Gasteiger partial charge >= 0.3 is 11.9 Å². The molecule has 7 heteroatoms. The Morgan fingerprint density at radius 1 is 1.28 bits per heavy atom. The van der Waals surface area contributed by atoms with Crippen LogP contribution < -0.4 is 10.6 Å². The second kappa shape index (κ2) is 6.02. The van der Waals surface area contributed by atoms with Crippen molar-refractivity contribution in [3.63, 3.8) is 0 Å². The van der Waals surface area contributed by atoms with E-state index < -0.39 is 17.8 Å². The highest BCUT2D eigenvalue weighted by Crippen LogP contribution is 2.21. The molecule has 0 aromatic heterocycles. The summed E-state index contributed by atoms with van der Waals surface area (Å²) in [6, 6.07) is 4.31. The van der Waals surface area contributed by atoms with Crippen molar-refractivity contribution in [1.29, 1.82) is 0 Å². The Bertz CT molecular complexity index is 502. The summed E-state index contributed by atoms with van der Waals surface area (Å²) in [4.78, 5) is 33.9. The van der Waals surface area contributed by atoms with Crippen LogP contribution in [0.4, 0.5) is 5.69 Å². The minimum Gasteiger partial charge on any atom is -0.462 e. The van der Waals surface area contributed by atoms with Crippen LogP contribution in [0, 0.1) is 0 Å². The zero-order valence-electron chi connectivity index (χ0n) is 9.74. The van der Waals surface area contributed by atoms with Crippen molar-refractivity contribution in [2.24, 2.45) is 0 Å². The maximum Gasteiger partial charge on any atom is 0.396 e. The lowest BCUT2D eigenvalue weighted by Gasteiger charge is -2.09. The van der Waals surface area contributed by atoms with Crippen LogP contribution in [-0.2, 0) is 14.3 Å². The van der Waals surface area contributed by atoms with Crippen molar-refractivity contribution < 1.29 is 19.1 Å². The van der Waals surface area contributed by atoms with Gasteiger partial charge in [0, 0.05) is 12.1 Å². The number of carbonyl (C=O) groups excluding carboxylic acids is 3. The predicted octanol–water partition coefficient (Wildman–Crippen LogP) is 0.811. The number of methoxy groups -OCH3 is 1. The van der Waals surface area contributed by atoms with E-state index in [4.69, 9.17) is 11.6 Å². The third-order valence-corrected chi connectivity index (χ3v) is 2.31. The van der Waals surface area contributed by atoms with Crippen molar-refractivity contribution in [3.05, 3.63) is 28.8 Å². The van der Waals surface area contributed by atoms with Gasteiger partial charge in [-0.05, 0) is 18.2 Å². The van der Waals surface area contributed by atoms with E-state index in [1.54, 1.807) is 0 Å². The molecule has 0 saturated heterocycles. The molecule has 0 saturated carbocycles. The lowest BCUT2D eigenvalue weighted by Crippen LogP contribution is -2.26. The fraction of sp³-hybridized carbons (Fsp3) is 0.182. The Labute approximate surface area is 108 Å². The van der Waals surface area contributed by atoms with Gasteiger partial charge in [0.1, 0.15) is 0 Å². The zero-order valence-corrected chi connectivity index (χ0v) is 10.5. The Kier molecular flexibility index (Phi) is 4.67. The number of carbonyl (C=O) groups is 3. The van der Waals surface area contributed by atoms with Gasteiger partial charge in [0.25, 0.3) is 5.91 Å². The van der Waals surface area contributed by atoms with E-state index in [0.717, 1.165) is 7.11 Å². The fourth-order valence-corrected chi connectivity index (χ4v) is 1.39. The van der Waals surface area contributed by atoms with Crippen LogP contribution in [0.2, 0.25) is 5.02 Å². The van der Waals surface area contributed by atoms with Gasteiger partial charge in [-0.2, -0.15) is 0 Å². The molecule has 0 aliphatic rings. The van der Waals surface area contributed by atoms with Crippen LogP contribution in [-0.4, -0.2) is 31.9 Å². The highest BCUT2D eigenvalue weighted by molar-refractivity contribution is 6.38. The van der Waals surface area contributed by atoms with Crippen molar-refractivity contribution >= 4 is 35.1 Å². The Hall–Kier alpha value is -2.08. The standard InChI is InChI=1S/C11H11ClN2O4/c1-13-9(15)7-4-3-6(12)5-8(7)14-10(16)11(17)18-2/h3-5H,1-2H3,(H,13,15)(H,14,16). The average Bonchev–Trinajstić information content (AvgIpc) is 2.37. The van der Waals surface area contributed by atoms with E-state index in [1.165, 1.54) is 25.2 Å². The molecule has 0 heterocycles. The summed E-state index contributed by atoms with van der Waals surface area (Å²) >= 11 is 5.76. The van der Waals surface area contributed by atoms with Crippen LogP contribution >= 0.6 is 11.6 Å². The molecule has 0 aliphatic carbocycles. The molecule has 1 aromatic rings. The second-order valence-corrected chi connectivity index (χ2v) is 3.65. The number of benzene rings is 1. The molecule has 6 nitrogen and oxygen atoms in total. The lowest BCUT2D eigenvalue weighted by molar-refractivity contribution is -0.150. The van der Waals surface area contributed by atoms with Crippen LogP contribution in [0.5, 0.6) is 0 Å². The molecule has 0 aliphatic heterocycles. The van der Waals surface area contributed by atoms with Crippen LogP contribution in [0.15, 0.2) is 18.2 Å². The molecule has 0 spiro atoms. The molecular weight excluding hydrogens is 260 g/mol. The second-order valence-electron chi connectivity index (χ2n) is 3.21. The number of hydrogen-bond acceptors (Lipinski definition) is 4.